The molecule has 0 saturated heterocycles. The number of benzene rings is 1. The standard InChI is InChI=1S/C16H21F3IN/c1-21-15(10-11-6-8-12(20)9-7-11)13-4-2-3-5-14(13)16(17,18)19/h6-9,13-15,21H,2-5,10H2,1H3. The summed E-state index contributed by atoms with van der Waals surface area (Å²) < 4.78 is 40.9. The monoisotopic (exact) mass is 411 g/mol. The second kappa shape index (κ2) is 7.31. The Morgan fingerprint density at radius 3 is 2.38 bits per heavy atom. The molecule has 5 heteroatoms. The Balaban J connectivity index is 2.12. The molecule has 1 saturated carbocycles. The lowest BCUT2D eigenvalue weighted by atomic mass is 9.73. The minimum absolute atomic E-state index is 0.114. The van der Waals surface area contributed by atoms with E-state index in [0.29, 0.717) is 19.3 Å². The van der Waals surface area contributed by atoms with Crippen molar-refractivity contribution in [2.24, 2.45) is 11.8 Å². The van der Waals surface area contributed by atoms with Crippen molar-refractivity contribution in [2.45, 2.75) is 44.3 Å². The summed E-state index contributed by atoms with van der Waals surface area (Å²) in [6.45, 7) is 0. The van der Waals surface area contributed by atoms with E-state index in [2.05, 4.69) is 27.9 Å². The Hall–Kier alpha value is -0.300. The summed E-state index contributed by atoms with van der Waals surface area (Å²) in [6, 6.07) is 7.92. The predicted molar refractivity (Wildman–Crippen MR) is 87.2 cm³/mol. The number of nitrogens with one attached hydrogen (secondary N) is 1. The third-order valence-corrected chi connectivity index (χ3v) is 5.22. The van der Waals surface area contributed by atoms with E-state index in [0.717, 1.165) is 15.6 Å². The van der Waals surface area contributed by atoms with Crippen molar-refractivity contribution in [3.8, 4) is 0 Å². The van der Waals surface area contributed by atoms with E-state index in [1.165, 1.54) is 0 Å². The first-order valence-electron chi connectivity index (χ1n) is 7.40. The van der Waals surface area contributed by atoms with E-state index < -0.39 is 12.1 Å². The molecule has 2 rings (SSSR count). The Morgan fingerprint density at radius 2 is 1.81 bits per heavy atom. The molecular weight excluding hydrogens is 390 g/mol. The van der Waals surface area contributed by atoms with Gasteiger partial charge >= 0.3 is 6.18 Å². The largest absolute Gasteiger partial charge is 0.392 e. The molecule has 21 heavy (non-hydrogen) atoms. The molecule has 1 fully saturated rings. The van der Waals surface area contributed by atoms with Crippen LogP contribution in [0.3, 0.4) is 0 Å². The average Bonchev–Trinajstić information content (AvgIpc) is 2.46. The zero-order chi connectivity index (χ0) is 15.5. The lowest BCUT2D eigenvalue weighted by molar-refractivity contribution is -0.199. The molecule has 0 aromatic heterocycles. The zero-order valence-corrected chi connectivity index (χ0v) is 14.2. The highest BCUT2D eigenvalue weighted by Gasteiger charge is 2.47. The van der Waals surface area contributed by atoms with Crippen LogP contribution in [0.15, 0.2) is 24.3 Å². The summed E-state index contributed by atoms with van der Waals surface area (Å²) in [5.41, 5.74) is 1.10. The molecule has 1 aliphatic carbocycles. The maximum Gasteiger partial charge on any atom is 0.392 e. The molecule has 0 bridgehead atoms. The van der Waals surface area contributed by atoms with Gasteiger partial charge in [-0.3, -0.25) is 0 Å². The lowest BCUT2D eigenvalue weighted by Crippen LogP contribution is -2.45. The predicted octanol–water partition coefficient (Wildman–Crippen LogP) is 4.79. The highest BCUT2D eigenvalue weighted by atomic mass is 127. The molecule has 1 aromatic carbocycles. The molecule has 3 unspecified atom stereocenters. The van der Waals surface area contributed by atoms with Crippen molar-refractivity contribution in [3.05, 3.63) is 33.4 Å². The molecule has 0 heterocycles. The molecular formula is C16H21F3IN. The highest BCUT2D eigenvalue weighted by Crippen LogP contribution is 2.43. The number of halogens is 4. The fourth-order valence-corrected chi connectivity index (χ4v) is 3.75. The molecule has 1 N–H and O–H groups in total. The Kier molecular flexibility index (Phi) is 5.94. The van der Waals surface area contributed by atoms with Gasteiger partial charge in [-0.25, -0.2) is 0 Å². The second-order valence-corrected chi connectivity index (χ2v) is 7.07. The number of likely N-dealkylation sites (N-methyl/N-ethyl adjacent to an activating group) is 1. The summed E-state index contributed by atoms with van der Waals surface area (Å²) in [6.07, 6.45) is -0.876. The van der Waals surface area contributed by atoms with E-state index in [1.807, 2.05) is 24.3 Å². The van der Waals surface area contributed by atoms with Crippen LogP contribution in [0, 0.1) is 15.4 Å². The topological polar surface area (TPSA) is 12.0 Å². The fraction of sp³-hybridized carbons (Fsp3) is 0.625. The van der Waals surface area contributed by atoms with Crippen molar-refractivity contribution in [2.75, 3.05) is 7.05 Å². The van der Waals surface area contributed by atoms with Crippen LogP contribution in [-0.4, -0.2) is 19.3 Å². The quantitative estimate of drug-likeness (QED) is 0.703. The molecule has 1 aliphatic rings. The van der Waals surface area contributed by atoms with Crippen LogP contribution in [-0.2, 0) is 6.42 Å². The number of rotatable bonds is 4. The molecule has 3 atom stereocenters. The molecule has 0 radical (unpaired) electrons. The Bertz CT molecular complexity index is 444. The first kappa shape index (κ1) is 17.1. The zero-order valence-electron chi connectivity index (χ0n) is 12.1. The van der Waals surface area contributed by atoms with Crippen molar-refractivity contribution < 1.29 is 13.2 Å². The molecule has 118 valence electrons. The van der Waals surface area contributed by atoms with Gasteiger partial charge in [-0.05, 0) is 72.5 Å². The normalized spacial score (nSPS) is 24.8. The van der Waals surface area contributed by atoms with E-state index in [1.54, 1.807) is 7.05 Å². The van der Waals surface area contributed by atoms with E-state index in [9.17, 15) is 13.2 Å². The minimum Gasteiger partial charge on any atom is -0.316 e. The van der Waals surface area contributed by atoms with E-state index in [-0.39, 0.29) is 18.4 Å². The second-order valence-electron chi connectivity index (χ2n) is 5.82. The van der Waals surface area contributed by atoms with Gasteiger partial charge < -0.3 is 5.32 Å². The van der Waals surface area contributed by atoms with Crippen molar-refractivity contribution >= 4 is 22.6 Å². The van der Waals surface area contributed by atoms with Crippen LogP contribution < -0.4 is 5.32 Å². The van der Waals surface area contributed by atoms with Crippen molar-refractivity contribution in [1.82, 2.24) is 5.32 Å². The van der Waals surface area contributed by atoms with Gasteiger partial charge in [-0.2, -0.15) is 13.2 Å². The molecule has 0 aliphatic heterocycles. The molecule has 0 spiro atoms. The Morgan fingerprint density at radius 1 is 1.19 bits per heavy atom. The smallest absolute Gasteiger partial charge is 0.316 e. The third-order valence-electron chi connectivity index (χ3n) is 4.50. The van der Waals surface area contributed by atoms with Crippen molar-refractivity contribution in [1.29, 1.82) is 0 Å². The summed E-state index contributed by atoms with van der Waals surface area (Å²) in [4.78, 5) is 0. The molecule has 1 nitrogen and oxygen atoms in total. The number of hydrogen-bond donors (Lipinski definition) is 1. The van der Waals surface area contributed by atoms with E-state index >= 15 is 0 Å². The third kappa shape index (κ3) is 4.58. The minimum atomic E-state index is -4.08. The van der Waals surface area contributed by atoms with Gasteiger partial charge in [0.15, 0.2) is 0 Å². The fourth-order valence-electron chi connectivity index (χ4n) is 3.39. The van der Waals surface area contributed by atoms with Crippen LogP contribution in [0.4, 0.5) is 13.2 Å². The average molecular weight is 411 g/mol. The summed E-state index contributed by atoms with van der Waals surface area (Å²) in [5, 5.41) is 3.14. The number of alkyl halides is 3. The van der Waals surface area contributed by atoms with Crippen LogP contribution in [0.25, 0.3) is 0 Å². The van der Waals surface area contributed by atoms with Crippen LogP contribution >= 0.6 is 22.6 Å². The van der Waals surface area contributed by atoms with Gasteiger partial charge in [0.05, 0.1) is 5.92 Å². The van der Waals surface area contributed by atoms with Gasteiger partial charge in [-0.15, -0.1) is 0 Å². The SMILES string of the molecule is CNC(Cc1ccc(I)cc1)C1CCCCC1C(F)(F)F. The summed E-state index contributed by atoms with van der Waals surface area (Å²) in [5.74, 6) is -1.48. The highest BCUT2D eigenvalue weighted by molar-refractivity contribution is 14.1. The maximum atomic E-state index is 13.3. The first-order valence-corrected chi connectivity index (χ1v) is 8.48. The number of hydrogen-bond acceptors (Lipinski definition) is 1. The van der Waals surface area contributed by atoms with Crippen LogP contribution in [0.2, 0.25) is 0 Å². The van der Waals surface area contributed by atoms with Crippen LogP contribution in [0.5, 0.6) is 0 Å². The van der Waals surface area contributed by atoms with Crippen molar-refractivity contribution in [3.63, 3.8) is 0 Å². The van der Waals surface area contributed by atoms with Crippen LogP contribution in [0.1, 0.15) is 31.2 Å². The first-order chi connectivity index (χ1) is 9.91. The Labute approximate surface area is 137 Å². The van der Waals surface area contributed by atoms with E-state index in [4.69, 9.17) is 0 Å². The lowest BCUT2D eigenvalue weighted by Gasteiger charge is -2.38. The van der Waals surface area contributed by atoms with Gasteiger partial charge in [0.2, 0.25) is 0 Å². The summed E-state index contributed by atoms with van der Waals surface area (Å²) >= 11 is 2.23. The van der Waals surface area contributed by atoms with Gasteiger partial charge in [-0.1, -0.05) is 25.0 Å². The maximum absolute atomic E-state index is 13.3. The van der Waals surface area contributed by atoms with Gasteiger partial charge in [0.1, 0.15) is 0 Å². The summed E-state index contributed by atoms with van der Waals surface area (Å²) in [7, 11) is 1.78. The van der Waals surface area contributed by atoms with Gasteiger partial charge in [0, 0.05) is 9.61 Å². The molecule has 1 aromatic rings. The molecule has 0 amide bonds. The van der Waals surface area contributed by atoms with Gasteiger partial charge in [0.25, 0.3) is 0 Å².